The minimum Gasteiger partial charge on any atom is -0.359 e. The van der Waals surface area contributed by atoms with Gasteiger partial charge in [-0.1, -0.05) is 129 Å². The highest BCUT2D eigenvalue weighted by atomic mass is 16.1. The summed E-state index contributed by atoms with van der Waals surface area (Å²) in [5.74, 6) is 0.187. The van der Waals surface area contributed by atoms with E-state index in [1.807, 2.05) is 0 Å². The van der Waals surface area contributed by atoms with Gasteiger partial charge in [0.05, 0.1) is 0 Å². The van der Waals surface area contributed by atoms with Gasteiger partial charge in [0, 0.05) is 13.5 Å². The molecule has 0 atom stereocenters. The lowest BCUT2D eigenvalue weighted by Gasteiger charge is -2.04. The van der Waals surface area contributed by atoms with Crippen LogP contribution in [-0.2, 0) is 4.79 Å². The van der Waals surface area contributed by atoms with Crippen LogP contribution in [0.1, 0.15) is 142 Å². The van der Waals surface area contributed by atoms with Crippen LogP contribution in [0, 0.1) is 0 Å². The number of hydrogen-bond acceptors (Lipinski definition) is 1. The first kappa shape index (κ1) is 25.5. The summed E-state index contributed by atoms with van der Waals surface area (Å²) in [5.41, 5.74) is 0. The molecule has 0 heterocycles. The Kier molecular flexibility index (Phi) is 22.1. The SMILES string of the molecule is CCCCCCCCCCCCCCCCCCCCCCC(=O)NC. The molecule has 0 aromatic heterocycles. The Morgan fingerprint density at radius 3 is 1.04 bits per heavy atom. The Bertz CT molecular complexity index is 277. The van der Waals surface area contributed by atoms with Gasteiger partial charge in [0.15, 0.2) is 0 Å². The fourth-order valence-electron chi connectivity index (χ4n) is 3.67. The average molecular weight is 368 g/mol. The van der Waals surface area contributed by atoms with Crippen molar-refractivity contribution in [3.05, 3.63) is 0 Å². The molecular weight excluding hydrogens is 318 g/mol. The van der Waals surface area contributed by atoms with E-state index in [1.54, 1.807) is 7.05 Å². The molecule has 0 fully saturated rings. The summed E-state index contributed by atoms with van der Waals surface area (Å²) in [6.45, 7) is 2.29. The van der Waals surface area contributed by atoms with Crippen molar-refractivity contribution in [2.75, 3.05) is 7.05 Å². The second-order valence-electron chi connectivity index (χ2n) is 8.14. The zero-order valence-corrected chi connectivity index (χ0v) is 18.3. The van der Waals surface area contributed by atoms with Crippen molar-refractivity contribution < 1.29 is 4.79 Å². The topological polar surface area (TPSA) is 29.1 Å². The molecule has 0 rings (SSSR count). The third-order valence-electron chi connectivity index (χ3n) is 5.54. The molecule has 0 bridgehead atoms. The first-order valence-electron chi connectivity index (χ1n) is 12.0. The van der Waals surface area contributed by atoms with Gasteiger partial charge in [-0.25, -0.2) is 0 Å². The number of carbonyl (C=O) groups excluding carboxylic acids is 1. The van der Waals surface area contributed by atoms with Gasteiger partial charge in [-0.05, 0) is 6.42 Å². The Labute approximate surface area is 165 Å². The van der Waals surface area contributed by atoms with Gasteiger partial charge in [-0.15, -0.1) is 0 Å². The molecule has 0 saturated heterocycles. The van der Waals surface area contributed by atoms with Crippen LogP contribution >= 0.6 is 0 Å². The van der Waals surface area contributed by atoms with E-state index in [4.69, 9.17) is 0 Å². The molecule has 0 radical (unpaired) electrons. The summed E-state index contributed by atoms with van der Waals surface area (Å²) in [6, 6.07) is 0. The summed E-state index contributed by atoms with van der Waals surface area (Å²) >= 11 is 0. The zero-order valence-electron chi connectivity index (χ0n) is 18.3. The molecule has 0 unspecified atom stereocenters. The summed E-state index contributed by atoms with van der Waals surface area (Å²) in [5, 5.41) is 2.69. The van der Waals surface area contributed by atoms with Crippen LogP contribution in [0.25, 0.3) is 0 Å². The third kappa shape index (κ3) is 21.5. The van der Waals surface area contributed by atoms with Crippen molar-refractivity contribution in [3.63, 3.8) is 0 Å². The van der Waals surface area contributed by atoms with Crippen molar-refractivity contribution in [2.45, 2.75) is 142 Å². The summed E-state index contributed by atoms with van der Waals surface area (Å²) in [4.78, 5) is 11.1. The van der Waals surface area contributed by atoms with Crippen LogP contribution in [0.2, 0.25) is 0 Å². The van der Waals surface area contributed by atoms with Gasteiger partial charge < -0.3 is 5.32 Å². The maximum Gasteiger partial charge on any atom is 0.219 e. The van der Waals surface area contributed by atoms with E-state index < -0.39 is 0 Å². The fourth-order valence-corrected chi connectivity index (χ4v) is 3.67. The van der Waals surface area contributed by atoms with E-state index in [1.165, 1.54) is 122 Å². The first-order chi connectivity index (χ1) is 12.8. The second-order valence-corrected chi connectivity index (χ2v) is 8.14. The zero-order chi connectivity index (χ0) is 19.1. The lowest BCUT2D eigenvalue weighted by molar-refractivity contribution is -0.120. The molecule has 0 aromatic rings. The molecule has 0 aromatic carbocycles. The minimum atomic E-state index is 0.187. The smallest absolute Gasteiger partial charge is 0.219 e. The van der Waals surface area contributed by atoms with E-state index in [2.05, 4.69) is 12.2 Å². The summed E-state index contributed by atoms with van der Waals surface area (Å²) in [7, 11) is 1.72. The molecule has 1 amide bonds. The quantitative estimate of drug-likeness (QED) is 0.205. The third-order valence-corrected chi connectivity index (χ3v) is 5.54. The number of hydrogen-bond donors (Lipinski definition) is 1. The lowest BCUT2D eigenvalue weighted by Crippen LogP contribution is -2.16. The highest BCUT2D eigenvalue weighted by Crippen LogP contribution is 2.14. The molecule has 0 saturated carbocycles. The molecule has 2 nitrogen and oxygen atoms in total. The van der Waals surface area contributed by atoms with Crippen LogP contribution in [0.5, 0.6) is 0 Å². The Morgan fingerprint density at radius 1 is 0.500 bits per heavy atom. The van der Waals surface area contributed by atoms with Gasteiger partial charge in [0.1, 0.15) is 0 Å². The van der Waals surface area contributed by atoms with E-state index in [0.717, 1.165) is 6.42 Å². The number of amides is 1. The van der Waals surface area contributed by atoms with Crippen LogP contribution in [0.3, 0.4) is 0 Å². The second kappa shape index (κ2) is 22.5. The molecule has 26 heavy (non-hydrogen) atoms. The van der Waals surface area contributed by atoms with Crippen molar-refractivity contribution in [1.82, 2.24) is 5.32 Å². The van der Waals surface area contributed by atoms with Crippen molar-refractivity contribution in [1.29, 1.82) is 0 Å². The van der Waals surface area contributed by atoms with Crippen molar-refractivity contribution >= 4 is 5.91 Å². The molecule has 2 heteroatoms. The molecule has 0 spiro atoms. The minimum absolute atomic E-state index is 0.187. The van der Waals surface area contributed by atoms with Crippen molar-refractivity contribution in [2.24, 2.45) is 0 Å². The number of carbonyl (C=O) groups is 1. The predicted octanol–water partition coefficient (Wildman–Crippen LogP) is 7.94. The van der Waals surface area contributed by atoms with Crippen LogP contribution in [0.15, 0.2) is 0 Å². The number of rotatable bonds is 21. The van der Waals surface area contributed by atoms with Gasteiger partial charge in [-0.3, -0.25) is 4.79 Å². The van der Waals surface area contributed by atoms with E-state index >= 15 is 0 Å². The Morgan fingerprint density at radius 2 is 0.769 bits per heavy atom. The van der Waals surface area contributed by atoms with Gasteiger partial charge in [0.2, 0.25) is 5.91 Å². The lowest BCUT2D eigenvalue weighted by atomic mass is 10.0. The first-order valence-corrected chi connectivity index (χ1v) is 12.0. The standard InChI is InChI=1S/C24H49NO/c1-3-4-5-6-7-8-9-10-11-12-13-14-15-16-17-18-19-20-21-22-23-24(26)25-2/h3-23H2,1-2H3,(H,25,26). The van der Waals surface area contributed by atoms with Crippen LogP contribution < -0.4 is 5.32 Å². The largest absolute Gasteiger partial charge is 0.359 e. The van der Waals surface area contributed by atoms with Crippen LogP contribution in [0.4, 0.5) is 0 Å². The van der Waals surface area contributed by atoms with Gasteiger partial charge >= 0.3 is 0 Å². The molecule has 1 N–H and O–H groups in total. The summed E-state index contributed by atoms with van der Waals surface area (Å²) in [6.07, 6.45) is 28.7. The average Bonchev–Trinajstić information content (AvgIpc) is 2.66. The maximum absolute atomic E-state index is 11.1. The highest BCUT2D eigenvalue weighted by Gasteiger charge is 1.98. The van der Waals surface area contributed by atoms with Gasteiger partial charge in [0.25, 0.3) is 0 Å². The molecule has 0 aliphatic rings. The van der Waals surface area contributed by atoms with Gasteiger partial charge in [-0.2, -0.15) is 0 Å². The predicted molar refractivity (Wildman–Crippen MR) is 117 cm³/mol. The number of nitrogens with one attached hydrogen (secondary N) is 1. The van der Waals surface area contributed by atoms with E-state index in [0.29, 0.717) is 6.42 Å². The highest BCUT2D eigenvalue weighted by molar-refractivity contribution is 5.75. The van der Waals surface area contributed by atoms with Crippen LogP contribution in [-0.4, -0.2) is 13.0 Å². The molecular formula is C24H49NO. The number of unbranched alkanes of at least 4 members (excludes halogenated alkanes) is 19. The molecule has 156 valence electrons. The van der Waals surface area contributed by atoms with E-state index in [9.17, 15) is 4.79 Å². The monoisotopic (exact) mass is 367 g/mol. The maximum atomic E-state index is 11.1. The van der Waals surface area contributed by atoms with E-state index in [-0.39, 0.29) is 5.91 Å². The Hall–Kier alpha value is -0.530. The molecule has 0 aliphatic carbocycles. The van der Waals surface area contributed by atoms with Crippen molar-refractivity contribution in [3.8, 4) is 0 Å². The summed E-state index contributed by atoms with van der Waals surface area (Å²) < 4.78 is 0. The molecule has 0 aliphatic heterocycles. The fraction of sp³-hybridized carbons (Fsp3) is 0.958. The normalized spacial score (nSPS) is 11.0. The Balaban J connectivity index is 3.00.